The van der Waals surface area contributed by atoms with E-state index >= 15 is 0 Å². The summed E-state index contributed by atoms with van der Waals surface area (Å²) in [5.74, 6) is 0.538. The second-order valence-electron chi connectivity index (χ2n) is 9.97. The van der Waals surface area contributed by atoms with E-state index in [1.54, 1.807) is 31.1 Å². The van der Waals surface area contributed by atoms with E-state index in [9.17, 15) is 13.4 Å². The molecule has 0 aliphatic carbocycles. The van der Waals surface area contributed by atoms with Gasteiger partial charge in [-0.1, -0.05) is 42.3 Å². The largest absolute Gasteiger partial charge is 0.455 e. The Morgan fingerprint density at radius 2 is 1.93 bits per heavy atom. The molecule has 1 aromatic heterocycles. The second kappa shape index (κ2) is 12.6. The van der Waals surface area contributed by atoms with Gasteiger partial charge in [-0.25, -0.2) is 12.9 Å². The van der Waals surface area contributed by atoms with Gasteiger partial charge in [-0.2, -0.15) is 0 Å². The number of rotatable bonds is 9. The normalized spacial score (nSPS) is 16.6. The Hall–Kier alpha value is -3.14. The van der Waals surface area contributed by atoms with Crippen LogP contribution in [0.5, 0.6) is 0 Å². The highest BCUT2D eigenvalue weighted by molar-refractivity contribution is 7.99. The number of halogens is 1. The fraction of sp³-hybridized carbons (Fsp3) is 0.323. The highest BCUT2D eigenvalue weighted by Crippen LogP contribution is 2.42. The number of anilines is 1. The van der Waals surface area contributed by atoms with Crippen molar-refractivity contribution in [2.24, 2.45) is 0 Å². The van der Waals surface area contributed by atoms with Gasteiger partial charge in [0.1, 0.15) is 17.2 Å². The summed E-state index contributed by atoms with van der Waals surface area (Å²) in [5.41, 5.74) is 4.96. The van der Waals surface area contributed by atoms with Gasteiger partial charge in [0.25, 0.3) is 5.91 Å². The number of benzene rings is 3. The van der Waals surface area contributed by atoms with E-state index in [2.05, 4.69) is 32.1 Å². The molecule has 5 rings (SSSR count). The Balaban J connectivity index is 1.51. The van der Waals surface area contributed by atoms with Crippen LogP contribution in [0.25, 0.3) is 22.3 Å². The molecule has 40 heavy (non-hydrogen) atoms. The zero-order valence-corrected chi connectivity index (χ0v) is 24.6. The first-order valence-electron chi connectivity index (χ1n) is 13.4. The van der Waals surface area contributed by atoms with Crippen LogP contribution in [-0.2, 0) is 17.4 Å². The topological polar surface area (TPSA) is 65.8 Å². The van der Waals surface area contributed by atoms with Crippen molar-refractivity contribution in [2.75, 3.05) is 43.5 Å². The summed E-state index contributed by atoms with van der Waals surface area (Å²) >= 11 is 1.59. The van der Waals surface area contributed by atoms with Crippen LogP contribution in [0.3, 0.4) is 0 Å². The van der Waals surface area contributed by atoms with Crippen molar-refractivity contribution in [3.8, 4) is 11.3 Å². The lowest BCUT2D eigenvalue weighted by atomic mass is 9.89. The van der Waals surface area contributed by atoms with Gasteiger partial charge in [0.05, 0.1) is 22.2 Å². The summed E-state index contributed by atoms with van der Waals surface area (Å²) < 4.78 is 37.5. The molecule has 1 N–H and O–H groups in total. The fourth-order valence-corrected chi connectivity index (χ4v) is 7.06. The number of nitrogens with zero attached hydrogens (tertiary/aromatic N) is 2. The molecule has 1 saturated heterocycles. The summed E-state index contributed by atoms with van der Waals surface area (Å²) in [7, 11) is 2.52. The van der Waals surface area contributed by atoms with Gasteiger partial charge in [-0.3, -0.25) is 4.79 Å². The second-order valence-corrected chi connectivity index (χ2v) is 12.4. The Morgan fingerprint density at radius 3 is 2.62 bits per heavy atom. The van der Waals surface area contributed by atoms with Gasteiger partial charge in [-0.15, -0.1) is 0 Å². The molecule has 1 amide bonds. The smallest absolute Gasteiger partial charge is 0.255 e. The van der Waals surface area contributed by atoms with Crippen molar-refractivity contribution >= 4 is 45.5 Å². The summed E-state index contributed by atoms with van der Waals surface area (Å²) in [6.45, 7) is 1.48. The average Bonchev–Trinajstić information content (AvgIpc) is 3.37. The van der Waals surface area contributed by atoms with E-state index in [4.69, 9.17) is 4.42 Å². The highest BCUT2D eigenvalue weighted by atomic mass is 32.2. The molecule has 4 aromatic rings. The minimum absolute atomic E-state index is 0.144. The van der Waals surface area contributed by atoms with Gasteiger partial charge in [0.15, 0.2) is 0 Å². The molecule has 2 atom stereocenters. The van der Waals surface area contributed by atoms with E-state index in [-0.39, 0.29) is 17.6 Å². The van der Waals surface area contributed by atoms with Crippen LogP contribution in [0.2, 0.25) is 0 Å². The molecular weight excluding hydrogens is 545 g/mol. The first-order chi connectivity index (χ1) is 19.4. The third-order valence-electron chi connectivity index (χ3n) is 7.53. The van der Waals surface area contributed by atoms with Gasteiger partial charge >= 0.3 is 0 Å². The van der Waals surface area contributed by atoms with Crippen molar-refractivity contribution in [3.63, 3.8) is 0 Å². The zero-order valence-electron chi connectivity index (χ0n) is 23.0. The molecule has 9 heteroatoms. The molecular formula is C31H34FN3O3S2. The number of hydrogen-bond acceptors (Lipinski definition) is 5. The average molecular weight is 580 g/mol. The summed E-state index contributed by atoms with van der Waals surface area (Å²) in [4.78, 5) is 13.1. The van der Waals surface area contributed by atoms with Crippen LogP contribution < -0.4 is 9.62 Å². The van der Waals surface area contributed by atoms with Crippen molar-refractivity contribution in [1.29, 1.82) is 0 Å². The molecule has 1 aliphatic rings. The molecule has 2 heterocycles. The number of hydrogen-bond donors (Lipinski definition) is 1. The van der Waals surface area contributed by atoms with Gasteiger partial charge in [0.2, 0.25) is 0 Å². The van der Waals surface area contributed by atoms with Crippen LogP contribution in [0.1, 0.15) is 40.2 Å². The van der Waals surface area contributed by atoms with Crippen LogP contribution in [0.15, 0.2) is 71.1 Å². The molecule has 0 spiro atoms. The number of furan rings is 1. The molecule has 210 valence electrons. The zero-order chi connectivity index (χ0) is 28.2. The lowest BCUT2D eigenvalue weighted by Gasteiger charge is -2.34. The van der Waals surface area contributed by atoms with Gasteiger partial charge in [-0.05, 0) is 66.6 Å². The Bertz CT molecular complexity index is 1510. The van der Waals surface area contributed by atoms with Crippen LogP contribution in [0.4, 0.5) is 10.1 Å². The van der Waals surface area contributed by atoms with Crippen molar-refractivity contribution < 1.29 is 17.8 Å². The lowest BCUT2D eigenvalue weighted by molar-refractivity contribution is 0.0964. The third kappa shape index (κ3) is 5.96. The summed E-state index contributed by atoms with van der Waals surface area (Å²) in [6, 6.07) is 20.2. The van der Waals surface area contributed by atoms with Crippen LogP contribution in [0, 0.1) is 5.82 Å². The lowest BCUT2D eigenvalue weighted by Crippen LogP contribution is -2.37. The maximum Gasteiger partial charge on any atom is 0.255 e. The number of carbonyl (C=O) groups is 1. The predicted octanol–water partition coefficient (Wildman–Crippen LogP) is 6.40. The fourth-order valence-electron chi connectivity index (χ4n) is 5.36. The predicted molar refractivity (Wildman–Crippen MR) is 164 cm³/mol. The number of piperidine rings is 1. The molecule has 0 bridgehead atoms. The Morgan fingerprint density at radius 1 is 1.18 bits per heavy atom. The molecule has 1 fully saturated rings. The van der Waals surface area contributed by atoms with Crippen molar-refractivity contribution in [2.45, 2.75) is 25.2 Å². The molecule has 0 radical (unpaired) electrons. The molecule has 1 unspecified atom stereocenters. The highest BCUT2D eigenvalue weighted by Gasteiger charge is 2.30. The molecule has 3 aromatic carbocycles. The number of nitrogens with one attached hydrogen (secondary N) is 1. The number of carbonyl (C=O) groups excluding carboxylic acids is 1. The number of amides is 1. The molecule has 6 nitrogen and oxygen atoms in total. The molecule has 1 aliphatic heterocycles. The minimum atomic E-state index is -1.08. The maximum atomic E-state index is 13.7. The summed E-state index contributed by atoms with van der Waals surface area (Å²) in [5, 5.41) is 3.46. The SMILES string of the molecule is CNC(=O)c1c(-c2ccc(F)cc2)oc2cc(N(C)SC)c([C@H]3CCCN(S(=O)CCc4ccccc4)C3)cc12. The van der Waals surface area contributed by atoms with Crippen molar-refractivity contribution in [3.05, 3.63) is 89.2 Å². The Kier molecular flexibility index (Phi) is 8.93. The van der Waals surface area contributed by atoms with Gasteiger partial charge in [0, 0.05) is 56.2 Å². The standard InChI is InChI=1S/C31H34FN3O3S2/c1-33-31(36)29-26-18-25(23-10-7-16-35(20-23)40(37)17-15-21-8-5-4-6-9-21)27(34(2)39-3)19-28(26)38-30(29)22-11-13-24(32)14-12-22/h4-6,8-9,11-14,18-19,23H,7,10,15-17,20H2,1-3H3,(H,33,36)/t23-,40?/m0/s1. The van der Waals surface area contributed by atoms with Crippen molar-refractivity contribution in [1.82, 2.24) is 9.62 Å². The van der Waals surface area contributed by atoms with Gasteiger partial charge < -0.3 is 14.0 Å². The quantitative estimate of drug-likeness (QED) is 0.233. The van der Waals surface area contributed by atoms with E-state index in [0.29, 0.717) is 40.2 Å². The number of aryl methyl sites for hydroxylation is 1. The third-order valence-corrected chi connectivity index (χ3v) is 9.74. The van der Waals surface area contributed by atoms with E-state index < -0.39 is 11.0 Å². The monoisotopic (exact) mass is 579 g/mol. The first kappa shape index (κ1) is 28.4. The maximum absolute atomic E-state index is 13.7. The summed E-state index contributed by atoms with van der Waals surface area (Å²) in [6.07, 6.45) is 4.70. The van der Waals surface area contributed by atoms with E-state index in [1.165, 1.54) is 17.7 Å². The van der Waals surface area contributed by atoms with E-state index in [1.807, 2.05) is 37.6 Å². The van der Waals surface area contributed by atoms with E-state index in [0.717, 1.165) is 37.1 Å². The molecule has 0 saturated carbocycles. The number of fused-ring (bicyclic) bond motifs is 1. The van der Waals surface area contributed by atoms with Crippen LogP contribution in [-0.4, -0.2) is 53.6 Å². The van der Waals surface area contributed by atoms with Crippen LogP contribution >= 0.6 is 11.9 Å². The minimum Gasteiger partial charge on any atom is -0.455 e. The Labute approximate surface area is 241 Å². The first-order valence-corrected chi connectivity index (χ1v) is 15.9.